The first-order valence-corrected chi connectivity index (χ1v) is 7.36. The molecule has 0 amide bonds. The van der Waals surface area contributed by atoms with Gasteiger partial charge in [-0.3, -0.25) is 4.98 Å². The Hall–Kier alpha value is -2.82. The van der Waals surface area contributed by atoms with Gasteiger partial charge < -0.3 is 9.80 Å². The molecule has 0 aliphatic carbocycles. The molecule has 2 aromatic rings. The summed E-state index contributed by atoms with van der Waals surface area (Å²) in [6, 6.07) is 5.17. The van der Waals surface area contributed by atoms with E-state index in [1.807, 2.05) is 11.0 Å². The van der Waals surface area contributed by atoms with Crippen molar-refractivity contribution in [1.29, 1.82) is 5.26 Å². The van der Waals surface area contributed by atoms with Crippen molar-refractivity contribution in [2.75, 3.05) is 36.0 Å². The first-order valence-electron chi connectivity index (χ1n) is 7.36. The Balaban J connectivity index is 1.76. The number of halogens is 3. The summed E-state index contributed by atoms with van der Waals surface area (Å²) in [5.74, 6) is 0.769. The summed E-state index contributed by atoms with van der Waals surface area (Å²) < 4.78 is 38.3. The molecule has 2 heterocycles. The van der Waals surface area contributed by atoms with Crippen molar-refractivity contribution in [2.24, 2.45) is 0 Å². The van der Waals surface area contributed by atoms with E-state index in [1.165, 1.54) is 6.07 Å². The minimum Gasteiger partial charge on any atom is -0.367 e. The fraction of sp³-hybridized carbons (Fsp3) is 0.312. The Morgan fingerprint density at radius 1 is 1.04 bits per heavy atom. The van der Waals surface area contributed by atoms with E-state index in [-0.39, 0.29) is 5.56 Å². The zero-order valence-corrected chi connectivity index (χ0v) is 12.7. The molecule has 0 unspecified atom stereocenters. The summed E-state index contributed by atoms with van der Waals surface area (Å²) in [6.07, 6.45) is 0.440. The molecule has 3 rings (SSSR count). The van der Waals surface area contributed by atoms with Crippen LogP contribution in [-0.2, 0) is 6.18 Å². The van der Waals surface area contributed by atoms with Crippen LogP contribution >= 0.6 is 0 Å². The van der Waals surface area contributed by atoms with Crippen LogP contribution in [0.1, 0.15) is 11.1 Å². The molecule has 0 spiro atoms. The molecule has 1 aliphatic heterocycles. The minimum atomic E-state index is -4.45. The van der Waals surface area contributed by atoms with Crippen LogP contribution in [0.5, 0.6) is 0 Å². The highest BCUT2D eigenvalue weighted by Crippen LogP contribution is 2.33. The van der Waals surface area contributed by atoms with Gasteiger partial charge in [0.15, 0.2) is 0 Å². The average Bonchev–Trinajstić information content (AvgIpc) is 2.61. The van der Waals surface area contributed by atoms with E-state index in [0.29, 0.717) is 31.9 Å². The first-order chi connectivity index (χ1) is 11.5. The van der Waals surface area contributed by atoms with Crippen molar-refractivity contribution in [1.82, 2.24) is 9.97 Å². The predicted molar refractivity (Wildman–Crippen MR) is 82.6 cm³/mol. The van der Waals surface area contributed by atoms with Crippen LogP contribution in [0.4, 0.5) is 24.7 Å². The van der Waals surface area contributed by atoms with Gasteiger partial charge in [0.1, 0.15) is 11.9 Å². The third-order valence-corrected chi connectivity index (χ3v) is 3.94. The smallest absolute Gasteiger partial charge is 0.367 e. The van der Waals surface area contributed by atoms with E-state index in [0.717, 1.165) is 18.0 Å². The third-order valence-electron chi connectivity index (χ3n) is 3.94. The fourth-order valence-electron chi connectivity index (χ4n) is 2.71. The molecule has 0 atom stereocenters. The molecular weight excluding hydrogens is 319 g/mol. The zero-order valence-electron chi connectivity index (χ0n) is 12.7. The van der Waals surface area contributed by atoms with E-state index in [4.69, 9.17) is 0 Å². The van der Waals surface area contributed by atoms with E-state index in [1.54, 1.807) is 18.6 Å². The number of rotatable bonds is 2. The van der Waals surface area contributed by atoms with Crippen molar-refractivity contribution in [3.05, 3.63) is 47.9 Å². The van der Waals surface area contributed by atoms with Crippen LogP contribution in [0, 0.1) is 11.3 Å². The van der Waals surface area contributed by atoms with Gasteiger partial charge in [-0.15, -0.1) is 0 Å². The van der Waals surface area contributed by atoms with E-state index < -0.39 is 11.7 Å². The molecule has 1 aromatic heterocycles. The average molecular weight is 333 g/mol. The van der Waals surface area contributed by atoms with Gasteiger partial charge >= 0.3 is 6.18 Å². The van der Waals surface area contributed by atoms with Crippen LogP contribution in [0.15, 0.2) is 36.8 Å². The monoisotopic (exact) mass is 333 g/mol. The molecule has 1 aromatic carbocycles. The zero-order chi connectivity index (χ0) is 17.2. The van der Waals surface area contributed by atoms with Crippen LogP contribution in [0.2, 0.25) is 0 Å². The molecule has 0 radical (unpaired) electrons. The molecule has 24 heavy (non-hydrogen) atoms. The molecule has 5 nitrogen and oxygen atoms in total. The second-order valence-corrected chi connectivity index (χ2v) is 5.38. The molecule has 8 heteroatoms. The highest BCUT2D eigenvalue weighted by Gasteiger charge is 2.31. The number of hydrogen-bond acceptors (Lipinski definition) is 5. The quantitative estimate of drug-likeness (QED) is 0.846. The maximum atomic E-state index is 12.8. The third kappa shape index (κ3) is 3.25. The van der Waals surface area contributed by atoms with Crippen molar-refractivity contribution < 1.29 is 13.2 Å². The molecular formula is C16H14F3N5. The lowest BCUT2D eigenvalue weighted by molar-refractivity contribution is -0.137. The standard InChI is InChI=1S/C16H14F3N5/c17-16(18,19)13-1-2-14(12(9-13)10-20)23-5-7-24(8-6-23)15-11-21-3-4-22-15/h1-4,9,11H,5-8H2. The molecule has 1 saturated heterocycles. The topological polar surface area (TPSA) is 56.1 Å². The summed E-state index contributed by atoms with van der Waals surface area (Å²) in [6.45, 7) is 2.50. The molecule has 0 saturated carbocycles. The van der Waals surface area contributed by atoms with Crippen molar-refractivity contribution in [3.8, 4) is 6.07 Å². The summed E-state index contributed by atoms with van der Waals surface area (Å²) >= 11 is 0. The number of anilines is 2. The number of piperazine rings is 1. The van der Waals surface area contributed by atoms with Gasteiger partial charge in [-0.2, -0.15) is 18.4 Å². The summed E-state index contributed by atoms with van der Waals surface area (Å²) in [4.78, 5) is 12.2. The lowest BCUT2D eigenvalue weighted by atomic mass is 10.1. The number of nitriles is 1. The Labute approximate surface area is 137 Å². The maximum absolute atomic E-state index is 12.8. The van der Waals surface area contributed by atoms with Gasteiger partial charge in [0, 0.05) is 38.6 Å². The highest BCUT2D eigenvalue weighted by molar-refractivity contribution is 5.61. The Bertz CT molecular complexity index is 747. The number of hydrogen-bond donors (Lipinski definition) is 0. The summed E-state index contributed by atoms with van der Waals surface area (Å²) in [5.41, 5.74) is -0.233. The first kappa shape index (κ1) is 16.1. The largest absolute Gasteiger partial charge is 0.416 e. The Morgan fingerprint density at radius 3 is 2.33 bits per heavy atom. The molecule has 124 valence electrons. The molecule has 0 bridgehead atoms. The van der Waals surface area contributed by atoms with Gasteiger partial charge in [0.05, 0.1) is 23.0 Å². The van der Waals surface area contributed by atoms with Gasteiger partial charge in [-0.05, 0) is 18.2 Å². The van der Waals surface area contributed by atoms with E-state index in [9.17, 15) is 18.4 Å². The Kier molecular flexibility index (Phi) is 4.25. The summed E-state index contributed by atoms with van der Waals surface area (Å²) in [5, 5.41) is 9.20. The Morgan fingerprint density at radius 2 is 1.75 bits per heavy atom. The number of aromatic nitrogens is 2. The van der Waals surface area contributed by atoms with Gasteiger partial charge in [0.25, 0.3) is 0 Å². The number of benzene rings is 1. The van der Waals surface area contributed by atoms with Gasteiger partial charge in [-0.1, -0.05) is 0 Å². The highest BCUT2D eigenvalue weighted by atomic mass is 19.4. The lowest BCUT2D eigenvalue weighted by Crippen LogP contribution is -2.47. The molecule has 1 fully saturated rings. The molecule has 1 aliphatic rings. The van der Waals surface area contributed by atoms with E-state index >= 15 is 0 Å². The number of nitrogens with zero attached hydrogens (tertiary/aromatic N) is 5. The van der Waals surface area contributed by atoms with Crippen molar-refractivity contribution >= 4 is 11.5 Å². The van der Waals surface area contributed by atoms with E-state index in [2.05, 4.69) is 14.9 Å². The maximum Gasteiger partial charge on any atom is 0.416 e. The minimum absolute atomic E-state index is 0.0396. The summed E-state index contributed by atoms with van der Waals surface area (Å²) in [7, 11) is 0. The number of alkyl halides is 3. The second kappa shape index (κ2) is 6.35. The second-order valence-electron chi connectivity index (χ2n) is 5.38. The van der Waals surface area contributed by atoms with Crippen molar-refractivity contribution in [2.45, 2.75) is 6.18 Å². The SMILES string of the molecule is N#Cc1cc(C(F)(F)F)ccc1N1CCN(c2cnccn2)CC1. The van der Waals surface area contributed by atoms with Crippen LogP contribution in [0.25, 0.3) is 0 Å². The van der Waals surface area contributed by atoms with Crippen LogP contribution in [-0.4, -0.2) is 36.1 Å². The van der Waals surface area contributed by atoms with Crippen LogP contribution < -0.4 is 9.80 Å². The van der Waals surface area contributed by atoms with Crippen molar-refractivity contribution in [3.63, 3.8) is 0 Å². The van der Waals surface area contributed by atoms with Gasteiger partial charge in [0.2, 0.25) is 0 Å². The lowest BCUT2D eigenvalue weighted by Gasteiger charge is -2.37. The van der Waals surface area contributed by atoms with Crippen LogP contribution in [0.3, 0.4) is 0 Å². The van der Waals surface area contributed by atoms with Gasteiger partial charge in [-0.25, -0.2) is 4.98 Å². The fourth-order valence-corrected chi connectivity index (χ4v) is 2.71. The normalized spacial score (nSPS) is 15.2. The molecule has 0 N–H and O–H groups in total. The predicted octanol–water partition coefficient (Wildman–Crippen LogP) is 2.69.